The predicted octanol–water partition coefficient (Wildman–Crippen LogP) is 4.75. The molecule has 0 saturated carbocycles. The molecule has 1 fully saturated rings. The monoisotopic (exact) mass is 411 g/mol. The first-order valence-electron chi connectivity index (χ1n) is 9.94. The van der Waals surface area contributed by atoms with Crippen molar-refractivity contribution >= 4 is 17.4 Å². The first kappa shape index (κ1) is 19.5. The highest BCUT2D eigenvalue weighted by Crippen LogP contribution is 2.22. The zero-order valence-corrected chi connectivity index (χ0v) is 17.1. The van der Waals surface area contributed by atoms with Gasteiger partial charge < -0.3 is 18.9 Å². The van der Waals surface area contributed by atoms with Crippen LogP contribution in [-0.2, 0) is 11.3 Å². The van der Waals surface area contributed by atoms with Gasteiger partial charge in [0.1, 0.15) is 17.4 Å². The maximum Gasteiger partial charge on any atom is 0.410 e. The minimum Gasteiger partial charge on any atom is -0.494 e. The van der Waals surface area contributed by atoms with Crippen LogP contribution in [0.3, 0.4) is 0 Å². The van der Waals surface area contributed by atoms with Crippen molar-refractivity contribution in [1.82, 2.24) is 14.5 Å². The highest BCUT2D eigenvalue weighted by molar-refractivity contribution is 7.09. The first-order valence-corrected chi connectivity index (χ1v) is 10.8. The van der Waals surface area contributed by atoms with Crippen LogP contribution in [0.25, 0.3) is 5.69 Å². The van der Waals surface area contributed by atoms with E-state index >= 15 is 0 Å². The van der Waals surface area contributed by atoms with Gasteiger partial charge in [0, 0.05) is 42.7 Å². The molecule has 0 atom stereocenters. The average molecular weight is 412 g/mol. The van der Waals surface area contributed by atoms with Gasteiger partial charge in [-0.1, -0.05) is 0 Å². The minimum absolute atomic E-state index is 0.238. The molecule has 0 unspecified atom stereocenters. The second-order valence-corrected chi connectivity index (χ2v) is 8.11. The van der Waals surface area contributed by atoms with Gasteiger partial charge in [0.15, 0.2) is 0 Å². The van der Waals surface area contributed by atoms with Gasteiger partial charge in [-0.25, -0.2) is 9.78 Å². The van der Waals surface area contributed by atoms with E-state index in [2.05, 4.69) is 21.7 Å². The second-order valence-electron chi connectivity index (χ2n) is 7.13. The van der Waals surface area contributed by atoms with Crippen molar-refractivity contribution in [3.8, 4) is 11.4 Å². The molecule has 0 spiro atoms. The highest BCUT2D eigenvalue weighted by atomic mass is 32.1. The molecule has 6 nitrogen and oxygen atoms in total. The third kappa shape index (κ3) is 5.38. The summed E-state index contributed by atoms with van der Waals surface area (Å²) < 4.78 is 13.3. The number of piperidine rings is 1. The van der Waals surface area contributed by atoms with Gasteiger partial charge >= 0.3 is 6.09 Å². The van der Waals surface area contributed by atoms with Crippen molar-refractivity contribution in [2.45, 2.75) is 25.9 Å². The summed E-state index contributed by atoms with van der Waals surface area (Å²) in [5.74, 6) is 1.47. The zero-order chi connectivity index (χ0) is 19.9. The van der Waals surface area contributed by atoms with E-state index in [0.717, 1.165) is 48.8 Å². The Balaban J connectivity index is 1.14. The van der Waals surface area contributed by atoms with Gasteiger partial charge in [-0.2, -0.15) is 0 Å². The van der Waals surface area contributed by atoms with Gasteiger partial charge in [0.05, 0.1) is 6.61 Å². The van der Waals surface area contributed by atoms with Gasteiger partial charge in [-0.3, -0.25) is 0 Å². The Kier molecular flexibility index (Phi) is 6.46. The van der Waals surface area contributed by atoms with Crippen LogP contribution in [0, 0.1) is 5.92 Å². The number of hydrogen-bond acceptors (Lipinski definition) is 5. The number of rotatable bonds is 7. The number of aromatic nitrogens is 2. The third-order valence-corrected chi connectivity index (χ3v) is 5.96. The molecule has 152 valence electrons. The molecule has 0 bridgehead atoms. The van der Waals surface area contributed by atoms with E-state index in [1.807, 2.05) is 42.0 Å². The van der Waals surface area contributed by atoms with Gasteiger partial charge in [-0.05, 0) is 61.6 Å². The maximum atomic E-state index is 12.2. The van der Waals surface area contributed by atoms with Crippen LogP contribution < -0.4 is 4.74 Å². The van der Waals surface area contributed by atoms with Gasteiger partial charge in [0.2, 0.25) is 0 Å². The molecular formula is C22H25N3O3S. The summed E-state index contributed by atoms with van der Waals surface area (Å²) in [5.41, 5.74) is 1.12. The Morgan fingerprint density at radius 1 is 1.14 bits per heavy atom. The van der Waals surface area contributed by atoms with E-state index in [1.54, 1.807) is 11.1 Å². The maximum absolute atomic E-state index is 12.2. The Morgan fingerprint density at radius 2 is 1.90 bits per heavy atom. The summed E-state index contributed by atoms with van der Waals surface area (Å²) in [6, 6.07) is 12.2. The van der Waals surface area contributed by atoms with Gasteiger partial charge in [0.25, 0.3) is 0 Å². The van der Waals surface area contributed by atoms with Crippen molar-refractivity contribution in [2.75, 3.05) is 19.7 Å². The lowest BCUT2D eigenvalue weighted by molar-refractivity contribution is 0.0799. The molecule has 1 amide bonds. The van der Waals surface area contributed by atoms with E-state index in [1.165, 1.54) is 11.3 Å². The summed E-state index contributed by atoms with van der Waals surface area (Å²) in [6.45, 7) is 2.44. The topological polar surface area (TPSA) is 56.6 Å². The molecule has 0 N–H and O–H groups in total. The fourth-order valence-electron chi connectivity index (χ4n) is 3.51. The minimum atomic E-state index is -0.238. The summed E-state index contributed by atoms with van der Waals surface area (Å²) in [7, 11) is 0. The number of hydrogen-bond donors (Lipinski definition) is 0. The largest absolute Gasteiger partial charge is 0.494 e. The first-order chi connectivity index (χ1) is 14.3. The Hall–Kier alpha value is -2.80. The smallest absolute Gasteiger partial charge is 0.410 e. The van der Waals surface area contributed by atoms with Crippen LogP contribution in [0.1, 0.15) is 24.3 Å². The van der Waals surface area contributed by atoms with Crippen LogP contribution in [-0.4, -0.2) is 40.2 Å². The quantitative estimate of drug-likeness (QED) is 0.563. The average Bonchev–Trinajstić information content (AvgIpc) is 3.47. The predicted molar refractivity (Wildman–Crippen MR) is 112 cm³/mol. The Morgan fingerprint density at radius 3 is 2.59 bits per heavy atom. The molecule has 1 aromatic carbocycles. The van der Waals surface area contributed by atoms with Crippen molar-refractivity contribution in [3.63, 3.8) is 0 Å². The molecule has 1 aliphatic heterocycles. The normalized spacial score (nSPS) is 14.7. The van der Waals surface area contributed by atoms with E-state index in [0.29, 0.717) is 12.5 Å². The molecule has 1 aliphatic rings. The highest BCUT2D eigenvalue weighted by Gasteiger charge is 2.23. The van der Waals surface area contributed by atoms with E-state index < -0.39 is 0 Å². The van der Waals surface area contributed by atoms with Crippen LogP contribution in [0.4, 0.5) is 4.79 Å². The number of carbonyl (C=O) groups excluding carboxylic acids is 1. The summed E-state index contributed by atoms with van der Waals surface area (Å²) in [5, 5.41) is 2.71. The summed E-state index contributed by atoms with van der Waals surface area (Å²) in [4.78, 5) is 18.1. The van der Waals surface area contributed by atoms with Crippen molar-refractivity contribution in [1.29, 1.82) is 0 Å². The fourth-order valence-corrected chi connectivity index (χ4v) is 4.04. The van der Waals surface area contributed by atoms with Gasteiger partial charge in [-0.15, -0.1) is 11.3 Å². The summed E-state index contributed by atoms with van der Waals surface area (Å²) in [6.07, 6.45) is 8.51. The SMILES string of the molecule is O=C(OCc1nccs1)N1CCC(CCOc2ccc(-n3cccc3)cc2)CC1. The van der Waals surface area contributed by atoms with Crippen LogP contribution in [0.15, 0.2) is 60.4 Å². The molecule has 1 saturated heterocycles. The zero-order valence-electron chi connectivity index (χ0n) is 16.3. The standard InChI is InChI=1S/C22H25N3O3S/c26-22(28-17-21-23-10-16-29-21)25-13-7-18(8-14-25)9-15-27-20-5-3-19(4-6-20)24-11-1-2-12-24/h1-6,10-12,16,18H,7-9,13-15,17H2. The van der Waals surface area contributed by atoms with Crippen molar-refractivity contribution < 1.29 is 14.3 Å². The number of benzene rings is 1. The number of likely N-dealkylation sites (tertiary alicyclic amines) is 1. The lowest BCUT2D eigenvalue weighted by Crippen LogP contribution is -2.39. The molecular weight excluding hydrogens is 386 g/mol. The summed E-state index contributed by atoms with van der Waals surface area (Å²) >= 11 is 1.50. The van der Waals surface area contributed by atoms with E-state index in [9.17, 15) is 4.79 Å². The molecule has 0 aliphatic carbocycles. The van der Waals surface area contributed by atoms with Crippen LogP contribution >= 0.6 is 11.3 Å². The van der Waals surface area contributed by atoms with Crippen LogP contribution in [0.2, 0.25) is 0 Å². The van der Waals surface area contributed by atoms with Crippen molar-refractivity contribution in [3.05, 3.63) is 65.4 Å². The number of amides is 1. The molecule has 0 radical (unpaired) electrons. The molecule has 3 aromatic rings. The second kappa shape index (κ2) is 9.60. The molecule has 2 aromatic heterocycles. The third-order valence-electron chi connectivity index (χ3n) is 5.21. The Bertz CT molecular complexity index is 871. The molecule has 4 rings (SSSR count). The molecule has 29 heavy (non-hydrogen) atoms. The number of thiazole rings is 1. The number of ether oxygens (including phenoxy) is 2. The van der Waals surface area contributed by atoms with E-state index in [4.69, 9.17) is 9.47 Å². The van der Waals surface area contributed by atoms with Crippen LogP contribution in [0.5, 0.6) is 5.75 Å². The lowest BCUT2D eigenvalue weighted by Gasteiger charge is -2.31. The number of nitrogens with zero attached hydrogens (tertiary/aromatic N) is 3. The fraction of sp³-hybridized carbons (Fsp3) is 0.364. The van der Waals surface area contributed by atoms with Crippen molar-refractivity contribution in [2.24, 2.45) is 5.92 Å². The molecule has 3 heterocycles. The molecule has 7 heteroatoms. The lowest BCUT2D eigenvalue weighted by atomic mass is 9.94. The number of carbonyl (C=O) groups is 1. The van der Waals surface area contributed by atoms with E-state index in [-0.39, 0.29) is 12.7 Å². The Labute approximate surface area is 174 Å².